The molecule has 0 radical (unpaired) electrons. The van der Waals surface area contributed by atoms with E-state index in [1.807, 2.05) is 0 Å². The van der Waals surface area contributed by atoms with Crippen molar-refractivity contribution in [3.8, 4) is 5.75 Å². The van der Waals surface area contributed by atoms with Crippen molar-refractivity contribution in [1.29, 1.82) is 5.41 Å². The summed E-state index contributed by atoms with van der Waals surface area (Å²) in [4.78, 5) is 36.7. The van der Waals surface area contributed by atoms with E-state index in [9.17, 15) is 14.4 Å². The van der Waals surface area contributed by atoms with E-state index >= 15 is 0 Å². The molecule has 4 aromatic rings. The molecule has 182 valence electrons. The van der Waals surface area contributed by atoms with Gasteiger partial charge < -0.3 is 24.9 Å². The molecule has 0 saturated heterocycles. The van der Waals surface area contributed by atoms with E-state index in [0.29, 0.717) is 28.2 Å². The summed E-state index contributed by atoms with van der Waals surface area (Å²) >= 11 is 0. The predicted molar refractivity (Wildman–Crippen MR) is 132 cm³/mol. The fourth-order valence-electron chi connectivity index (χ4n) is 3.53. The minimum Gasteiger partial charge on any atom is -0.465 e. The number of ether oxygens (including phenoxy) is 2. The van der Waals surface area contributed by atoms with E-state index in [-0.39, 0.29) is 17.5 Å². The molecule has 0 spiro atoms. The van der Waals surface area contributed by atoms with Gasteiger partial charge in [-0.05, 0) is 72.3 Å². The number of carbonyl (C=O) groups is 3. The summed E-state index contributed by atoms with van der Waals surface area (Å²) < 4.78 is 15.7. The second kappa shape index (κ2) is 10.1. The summed E-state index contributed by atoms with van der Waals surface area (Å²) in [5.74, 6) is -0.879. The molecule has 0 aliphatic heterocycles. The molecule has 1 amide bonds. The number of nitrogen functional groups attached to an aromatic ring is 1. The number of amidine groups is 1. The van der Waals surface area contributed by atoms with Crippen LogP contribution in [0, 0.1) is 5.41 Å². The van der Waals surface area contributed by atoms with Gasteiger partial charge in [0.1, 0.15) is 17.3 Å². The lowest BCUT2D eigenvalue weighted by Crippen LogP contribution is -2.26. The number of methoxy groups -OCH3 is 1. The van der Waals surface area contributed by atoms with Crippen LogP contribution in [0.2, 0.25) is 0 Å². The van der Waals surface area contributed by atoms with Crippen LogP contribution < -0.4 is 15.8 Å². The lowest BCUT2D eigenvalue weighted by Gasteiger charge is -2.12. The third-order valence-electron chi connectivity index (χ3n) is 5.50. The summed E-state index contributed by atoms with van der Waals surface area (Å²) in [5.41, 5.74) is 6.83. The Balaban J connectivity index is 1.40. The number of hydrogen-bond acceptors (Lipinski definition) is 7. The summed E-state index contributed by atoms with van der Waals surface area (Å²) in [7, 11) is 1.28. The van der Waals surface area contributed by atoms with Crippen LogP contribution in [0.4, 0.5) is 0 Å². The van der Waals surface area contributed by atoms with E-state index in [4.69, 9.17) is 20.3 Å². The highest BCUT2D eigenvalue weighted by Gasteiger charge is 2.19. The zero-order valence-corrected chi connectivity index (χ0v) is 19.5. The van der Waals surface area contributed by atoms with Crippen LogP contribution in [0.15, 0.2) is 77.2 Å². The maximum Gasteiger partial charge on any atom is 0.379 e. The highest BCUT2D eigenvalue weighted by Crippen LogP contribution is 2.24. The van der Waals surface area contributed by atoms with Gasteiger partial charge in [-0.25, -0.2) is 9.59 Å². The molecule has 0 fully saturated rings. The summed E-state index contributed by atoms with van der Waals surface area (Å²) in [6.45, 7) is 1.72. The molecule has 1 aromatic heterocycles. The van der Waals surface area contributed by atoms with Gasteiger partial charge in [-0.15, -0.1) is 0 Å². The molecular formula is C27H23N3O6. The van der Waals surface area contributed by atoms with Crippen LogP contribution >= 0.6 is 0 Å². The summed E-state index contributed by atoms with van der Waals surface area (Å²) in [6.07, 6.45) is 0. The Labute approximate surface area is 206 Å². The van der Waals surface area contributed by atoms with E-state index in [2.05, 4.69) is 10.1 Å². The first-order valence-electron chi connectivity index (χ1n) is 10.9. The molecule has 36 heavy (non-hydrogen) atoms. The second-order valence-electron chi connectivity index (χ2n) is 7.99. The standard InChI is InChI=1S/C27H23N3O6/c1-15(30-25(31)16-3-5-17(6-4-16)26(32)34-2)22-11-12-23(36-22)27(33)35-21-10-9-18-13-20(24(28)29)8-7-19(18)14-21/h3-15H,1-2H3,(H3,28,29)(H,30,31). The van der Waals surface area contributed by atoms with Crippen LogP contribution in [0.25, 0.3) is 10.8 Å². The maximum atomic E-state index is 12.6. The van der Waals surface area contributed by atoms with Gasteiger partial charge in [-0.1, -0.05) is 18.2 Å². The largest absolute Gasteiger partial charge is 0.465 e. The zero-order chi connectivity index (χ0) is 25.8. The zero-order valence-electron chi connectivity index (χ0n) is 19.5. The van der Waals surface area contributed by atoms with Gasteiger partial charge in [-0.3, -0.25) is 10.2 Å². The normalized spacial score (nSPS) is 11.5. The first-order chi connectivity index (χ1) is 17.2. The number of fused-ring (bicyclic) bond motifs is 1. The van der Waals surface area contributed by atoms with Crippen molar-refractivity contribution in [2.24, 2.45) is 5.73 Å². The van der Waals surface area contributed by atoms with Gasteiger partial charge in [0.2, 0.25) is 5.76 Å². The number of esters is 2. The number of furan rings is 1. The van der Waals surface area contributed by atoms with Gasteiger partial charge in [0.25, 0.3) is 5.91 Å². The average molecular weight is 485 g/mol. The van der Waals surface area contributed by atoms with E-state index in [1.54, 1.807) is 49.4 Å². The molecular weight excluding hydrogens is 462 g/mol. The Morgan fingerprint density at radius 2 is 1.50 bits per heavy atom. The first-order valence-corrected chi connectivity index (χ1v) is 10.9. The minimum atomic E-state index is -0.683. The van der Waals surface area contributed by atoms with Gasteiger partial charge in [0.05, 0.1) is 18.7 Å². The molecule has 0 saturated carbocycles. The molecule has 9 heteroatoms. The third-order valence-corrected chi connectivity index (χ3v) is 5.50. The van der Waals surface area contributed by atoms with Crippen molar-refractivity contribution >= 4 is 34.5 Å². The lowest BCUT2D eigenvalue weighted by molar-refractivity contribution is 0.0599. The fourth-order valence-corrected chi connectivity index (χ4v) is 3.53. The lowest BCUT2D eigenvalue weighted by atomic mass is 10.1. The summed E-state index contributed by atoms with van der Waals surface area (Å²) in [6, 6.07) is 19.0. The summed E-state index contributed by atoms with van der Waals surface area (Å²) in [5, 5.41) is 12.0. The van der Waals surface area contributed by atoms with Crippen LogP contribution in [0.3, 0.4) is 0 Å². The van der Waals surface area contributed by atoms with Gasteiger partial charge in [-0.2, -0.15) is 0 Å². The Bertz CT molecular complexity index is 1470. The number of nitrogens with one attached hydrogen (secondary N) is 2. The van der Waals surface area contributed by atoms with Crippen LogP contribution in [-0.2, 0) is 4.74 Å². The van der Waals surface area contributed by atoms with Crippen molar-refractivity contribution in [2.45, 2.75) is 13.0 Å². The average Bonchev–Trinajstić information content (AvgIpc) is 3.39. The Morgan fingerprint density at radius 3 is 2.19 bits per heavy atom. The fraction of sp³-hybridized carbons (Fsp3) is 0.111. The molecule has 1 unspecified atom stereocenters. The highest BCUT2D eigenvalue weighted by molar-refractivity contribution is 5.99. The van der Waals surface area contributed by atoms with Crippen LogP contribution in [0.5, 0.6) is 5.75 Å². The molecule has 0 aliphatic carbocycles. The molecule has 0 bridgehead atoms. The highest BCUT2D eigenvalue weighted by atomic mass is 16.5. The quantitative estimate of drug-likeness (QED) is 0.154. The number of carbonyl (C=O) groups excluding carboxylic acids is 3. The number of amides is 1. The number of hydrogen-bond donors (Lipinski definition) is 3. The number of rotatable bonds is 7. The van der Waals surface area contributed by atoms with Crippen molar-refractivity contribution < 1.29 is 28.3 Å². The third kappa shape index (κ3) is 5.25. The smallest absolute Gasteiger partial charge is 0.379 e. The van der Waals surface area contributed by atoms with Crippen molar-refractivity contribution in [3.05, 3.63) is 101 Å². The molecule has 1 atom stereocenters. The molecule has 1 heterocycles. The molecule has 3 aromatic carbocycles. The minimum absolute atomic E-state index is 0.0134. The Hall–Kier alpha value is -4.92. The molecule has 9 nitrogen and oxygen atoms in total. The van der Waals surface area contributed by atoms with Gasteiger partial charge >= 0.3 is 11.9 Å². The Morgan fingerprint density at radius 1 is 0.861 bits per heavy atom. The molecule has 4 rings (SSSR count). The van der Waals surface area contributed by atoms with Crippen LogP contribution in [-0.4, -0.2) is 30.8 Å². The monoisotopic (exact) mass is 485 g/mol. The SMILES string of the molecule is COC(=O)c1ccc(C(=O)NC(C)c2ccc(C(=O)Oc3ccc4cc(C(=N)N)ccc4c3)o2)cc1. The van der Waals surface area contributed by atoms with Crippen molar-refractivity contribution in [3.63, 3.8) is 0 Å². The van der Waals surface area contributed by atoms with Gasteiger partial charge in [0.15, 0.2) is 0 Å². The first kappa shape index (κ1) is 24.2. The topological polar surface area (TPSA) is 145 Å². The molecule has 0 aliphatic rings. The maximum absolute atomic E-state index is 12.6. The second-order valence-corrected chi connectivity index (χ2v) is 7.99. The van der Waals surface area contributed by atoms with Gasteiger partial charge in [0, 0.05) is 11.1 Å². The van der Waals surface area contributed by atoms with E-state index in [0.717, 1.165) is 10.8 Å². The van der Waals surface area contributed by atoms with E-state index < -0.39 is 18.0 Å². The van der Waals surface area contributed by atoms with Crippen molar-refractivity contribution in [2.75, 3.05) is 7.11 Å². The molecule has 4 N–H and O–H groups in total. The Kier molecular flexibility index (Phi) is 6.82. The number of benzene rings is 3. The van der Waals surface area contributed by atoms with E-state index in [1.165, 1.54) is 37.4 Å². The van der Waals surface area contributed by atoms with Crippen molar-refractivity contribution in [1.82, 2.24) is 5.32 Å². The van der Waals surface area contributed by atoms with Crippen LogP contribution in [0.1, 0.15) is 55.6 Å². The predicted octanol–water partition coefficient (Wildman–Crippen LogP) is 4.21. The number of nitrogens with two attached hydrogens (primary N) is 1.